The number of aromatic amines is 1. The number of thiophene rings is 1. The highest BCUT2D eigenvalue weighted by Crippen LogP contribution is 2.28. The Bertz CT molecular complexity index is 1060. The van der Waals surface area contributed by atoms with Gasteiger partial charge in [0.25, 0.3) is 5.56 Å². The van der Waals surface area contributed by atoms with Crippen molar-refractivity contribution in [2.75, 3.05) is 20.3 Å². The molecule has 2 aromatic heterocycles. The number of esters is 1. The van der Waals surface area contributed by atoms with Crippen LogP contribution in [0, 0.1) is 6.92 Å². The Labute approximate surface area is 169 Å². The van der Waals surface area contributed by atoms with Crippen molar-refractivity contribution in [2.45, 2.75) is 13.3 Å². The van der Waals surface area contributed by atoms with Crippen molar-refractivity contribution in [1.82, 2.24) is 9.97 Å². The summed E-state index contributed by atoms with van der Waals surface area (Å²) in [4.78, 5) is 32.9. The van der Waals surface area contributed by atoms with E-state index in [9.17, 15) is 9.59 Å². The molecule has 0 aliphatic rings. The summed E-state index contributed by atoms with van der Waals surface area (Å²) in [7, 11) is 1.52. The molecule has 142 valence electrons. The molecule has 0 atom stereocenters. The summed E-state index contributed by atoms with van der Waals surface area (Å²) in [5.41, 5.74) is 1.04. The molecular weight excluding hydrogens is 411 g/mol. The van der Waals surface area contributed by atoms with E-state index in [2.05, 4.69) is 9.97 Å². The van der Waals surface area contributed by atoms with Gasteiger partial charge in [0.2, 0.25) is 0 Å². The van der Waals surface area contributed by atoms with E-state index < -0.39 is 5.97 Å². The summed E-state index contributed by atoms with van der Waals surface area (Å²) in [5.74, 6) is -0.0356. The largest absolute Gasteiger partial charge is 0.459 e. The third-order valence-corrected chi connectivity index (χ3v) is 5.68. The molecule has 3 aromatic rings. The first-order valence-corrected chi connectivity index (χ1v) is 9.60. The fourth-order valence-corrected chi connectivity index (χ4v) is 4.17. The third-order valence-electron chi connectivity index (χ3n) is 3.93. The predicted octanol–water partition coefficient (Wildman–Crippen LogP) is 3.99. The van der Waals surface area contributed by atoms with Gasteiger partial charge < -0.3 is 14.5 Å². The topological polar surface area (TPSA) is 81.3 Å². The molecule has 27 heavy (non-hydrogen) atoms. The molecule has 9 heteroatoms. The Kier molecular flexibility index (Phi) is 6.16. The van der Waals surface area contributed by atoms with Crippen molar-refractivity contribution < 1.29 is 14.3 Å². The van der Waals surface area contributed by atoms with Gasteiger partial charge in [0, 0.05) is 23.6 Å². The first-order valence-electron chi connectivity index (χ1n) is 8.03. The molecule has 3 rings (SSSR count). The molecule has 0 spiro atoms. The number of H-pyrrole nitrogens is 1. The van der Waals surface area contributed by atoms with Gasteiger partial charge in [-0.2, -0.15) is 0 Å². The Morgan fingerprint density at radius 3 is 2.78 bits per heavy atom. The van der Waals surface area contributed by atoms with Gasteiger partial charge in [-0.05, 0) is 30.2 Å². The number of nitrogens with one attached hydrogen (secondary N) is 1. The quantitative estimate of drug-likeness (QED) is 0.475. The van der Waals surface area contributed by atoms with E-state index in [0.717, 1.165) is 16.9 Å². The number of carbonyl (C=O) groups is 1. The Morgan fingerprint density at radius 1 is 1.30 bits per heavy atom. The van der Waals surface area contributed by atoms with E-state index >= 15 is 0 Å². The number of halogens is 2. The van der Waals surface area contributed by atoms with Gasteiger partial charge in [-0.1, -0.05) is 29.3 Å². The highest BCUT2D eigenvalue weighted by atomic mass is 35.5. The fourth-order valence-electron chi connectivity index (χ4n) is 2.60. The lowest BCUT2D eigenvalue weighted by Gasteiger charge is -2.04. The number of hydrogen-bond acceptors (Lipinski definition) is 6. The van der Waals surface area contributed by atoms with Crippen molar-refractivity contribution in [2.24, 2.45) is 0 Å². The van der Waals surface area contributed by atoms with Crippen molar-refractivity contribution in [3.63, 3.8) is 0 Å². The van der Waals surface area contributed by atoms with Gasteiger partial charge in [0.05, 0.1) is 12.0 Å². The summed E-state index contributed by atoms with van der Waals surface area (Å²) in [6, 6.07) is 5.15. The van der Waals surface area contributed by atoms with E-state index in [1.165, 1.54) is 7.11 Å². The molecule has 0 amide bonds. The van der Waals surface area contributed by atoms with E-state index in [4.69, 9.17) is 32.7 Å². The number of benzene rings is 1. The van der Waals surface area contributed by atoms with Crippen LogP contribution in [0.1, 0.15) is 26.6 Å². The van der Waals surface area contributed by atoms with Crippen LogP contribution in [0.15, 0.2) is 23.0 Å². The second kappa shape index (κ2) is 8.39. The summed E-state index contributed by atoms with van der Waals surface area (Å²) >= 11 is 13.2. The predicted molar refractivity (Wildman–Crippen MR) is 106 cm³/mol. The zero-order chi connectivity index (χ0) is 19.6. The average Bonchev–Trinajstić information content (AvgIpc) is 2.95. The number of methoxy groups -OCH3 is 1. The summed E-state index contributed by atoms with van der Waals surface area (Å²) in [6.45, 7) is 2.16. The summed E-state index contributed by atoms with van der Waals surface area (Å²) < 4.78 is 10.0. The molecule has 0 radical (unpaired) electrons. The molecule has 0 saturated carbocycles. The van der Waals surface area contributed by atoms with E-state index in [1.54, 1.807) is 25.1 Å². The van der Waals surface area contributed by atoms with Gasteiger partial charge in [-0.3, -0.25) is 4.79 Å². The normalized spacial score (nSPS) is 11.1. The van der Waals surface area contributed by atoms with Gasteiger partial charge in [-0.25, -0.2) is 9.78 Å². The molecule has 6 nitrogen and oxygen atoms in total. The number of fused-ring (bicyclic) bond motifs is 1. The van der Waals surface area contributed by atoms with E-state index in [0.29, 0.717) is 49.6 Å². The highest BCUT2D eigenvalue weighted by molar-refractivity contribution is 7.20. The lowest BCUT2D eigenvalue weighted by atomic mass is 10.1. The number of aryl methyl sites for hydroxylation is 1. The van der Waals surface area contributed by atoms with Crippen LogP contribution in [0.5, 0.6) is 0 Å². The minimum Gasteiger partial charge on any atom is -0.459 e. The fraction of sp³-hybridized carbons (Fsp3) is 0.278. The first kappa shape index (κ1) is 19.8. The van der Waals surface area contributed by atoms with Crippen molar-refractivity contribution >= 4 is 50.7 Å². The number of aromatic nitrogens is 2. The van der Waals surface area contributed by atoms with Crippen LogP contribution < -0.4 is 5.56 Å². The maximum atomic E-state index is 12.5. The van der Waals surface area contributed by atoms with Crippen LogP contribution in [0.2, 0.25) is 10.0 Å². The molecule has 2 heterocycles. The standard InChI is InChI=1S/C18H16Cl2N2O4S/c1-9-14-16(23)21-13(7-10-3-4-11(19)8-12(10)20)22-17(14)27-15(9)18(24)26-6-5-25-2/h3-4,8H,5-7H2,1-2H3,(H,21,22,23). The van der Waals surface area contributed by atoms with Gasteiger partial charge in [-0.15, -0.1) is 11.3 Å². The Hall–Kier alpha value is -1.93. The smallest absolute Gasteiger partial charge is 0.348 e. The van der Waals surface area contributed by atoms with Crippen LogP contribution in [0.3, 0.4) is 0 Å². The summed E-state index contributed by atoms with van der Waals surface area (Å²) in [6.07, 6.45) is 0.339. The minimum atomic E-state index is -0.491. The Morgan fingerprint density at radius 2 is 2.07 bits per heavy atom. The molecule has 1 N–H and O–H groups in total. The monoisotopic (exact) mass is 426 g/mol. The molecule has 0 unspecified atom stereocenters. The number of hydrogen-bond donors (Lipinski definition) is 1. The van der Waals surface area contributed by atoms with Crippen LogP contribution in [0.25, 0.3) is 10.2 Å². The van der Waals surface area contributed by atoms with Crippen molar-refractivity contribution in [1.29, 1.82) is 0 Å². The van der Waals surface area contributed by atoms with Crippen molar-refractivity contribution in [3.8, 4) is 0 Å². The minimum absolute atomic E-state index is 0.146. The summed E-state index contributed by atoms with van der Waals surface area (Å²) in [5, 5.41) is 1.42. The maximum Gasteiger partial charge on any atom is 0.348 e. The number of ether oxygens (including phenoxy) is 2. The molecule has 0 aliphatic carbocycles. The molecule has 1 aromatic carbocycles. The lowest BCUT2D eigenvalue weighted by molar-refractivity contribution is 0.0393. The zero-order valence-electron chi connectivity index (χ0n) is 14.6. The number of carbonyl (C=O) groups excluding carboxylic acids is 1. The van der Waals surface area contributed by atoms with Crippen LogP contribution in [-0.4, -0.2) is 36.3 Å². The number of rotatable bonds is 6. The second-order valence-corrected chi connectivity index (χ2v) is 7.63. The first-order chi connectivity index (χ1) is 12.9. The second-order valence-electron chi connectivity index (χ2n) is 5.79. The van der Waals surface area contributed by atoms with Crippen LogP contribution >= 0.6 is 34.5 Å². The van der Waals surface area contributed by atoms with Gasteiger partial charge in [0.15, 0.2) is 0 Å². The Balaban J connectivity index is 1.94. The highest BCUT2D eigenvalue weighted by Gasteiger charge is 2.20. The van der Waals surface area contributed by atoms with Crippen LogP contribution in [-0.2, 0) is 15.9 Å². The van der Waals surface area contributed by atoms with Crippen LogP contribution in [0.4, 0.5) is 0 Å². The molecule has 0 aliphatic heterocycles. The molecule has 0 saturated heterocycles. The SMILES string of the molecule is COCCOC(=O)c1sc2nc(Cc3ccc(Cl)cc3Cl)[nH]c(=O)c2c1C. The third kappa shape index (κ3) is 4.32. The van der Waals surface area contributed by atoms with Gasteiger partial charge in [0.1, 0.15) is 22.1 Å². The molecular formula is C18H16Cl2N2O4S. The van der Waals surface area contributed by atoms with Crippen molar-refractivity contribution in [3.05, 3.63) is 60.4 Å². The van der Waals surface area contributed by atoms with E-state index in [1.807, 2.05) is 0 Å². The number of nitrogens with zero attached hydrogens (tertiary/aromatic N) is 1. The lowest BCUT2D eigenvalue weighted by Crippen LogP contribution is -2.12. The molecule has 0 bridgehead atoms. The molecule has 0 fully saturated rings. The maximum absolute atomic E-state index is 12.5. The van der Waals surface area contributed by atoms with Gasteiger partial charge >= 0.3 is 5.97 Å². The average molecular weight is 427 g/mol. The zero-order valence-corrected chi connectivity index (χ0v) is 16.9. The van der Waals surface area contributed by atoms with E-state index in [-0.39, 0.29) is 12.2 Å².